The summed E-state index contributed by atoms with van der Waals surface area (Å²) >= 11 is 0. The SMILES string of the molecule is COc1cccc(NC2(C(=O)N(C)C)CCN(C(=O)c3ccoc3)CC2)c1. The summed E-state index contributed by atoms with van der Waals surface area (Å²) in [5.41, 5.74) is 0.588. The van der Waals surface area contributed by atoms with E-state index < -0.39 is 5.54 Å². The van der Waals surface area contributed by atoms with Gasteiger partial charge in [0.05, 0.1) is 18.9 Å². The fourth-order valence-electron chi connectivity index (χ4n) is 3.46. The van der Waals surface area contributed by atoms with Crippen LogP contribution in [-0.2, 0) is 4.79 Å². The quantitative estimate of drug-likeness (QED) is 0.874. The Morgan fingerprint density at radius 2 is 1.96 bits per heavy atom. The van der Waals surface area contributed by atoms with Gasteiger partial charge in [0.15, 0.2) is 0 Å². The van der Waals surface area contributed by atoms with E-state index in [2.05, 4.69) is 5.32 Å². The van der Waals surface area contributed by atoms with E-state index in [9.17, 15) is 9.59 Å². The number of piperidine rings is 1. The summed E-state index contributed by atoms with van der Waals surface area (Å²) in [5.74, 6) is 0.650. The molecule has 0 atom stereocenters. The summed E-state index contributed by atoms with van der Waals surface area (Å²) in [4.78, 5) is 28.9. The van der Waals surface area contributed by atoms with E-state index >= 15 is 0 Å². The third kappa shape index (κ3) is 3.92. The number of likely N-dealkylation sites (tertiary alicyclic amines) is 1. The van der Waals surface area contributed by atoms with Gasteiger partial charge in [-0.05, 0) is 31.0 Å². The van der Waals surface area contributed by atoms with Crippen molar-refractivity contribution in [3.63, 3.8) is 0 Å². The number of carbonyl (C=O) groups is 2. The number of carbonyl (C=O) groups excluding carboxylic acids is 2. The summed E-state index contributed by atoms with van der Waals surface area (Å²) in [6.45, 7) is 0.973. The Labute approximate surface area is 158 Å². The molecule has 0 spiro atoms. The van der Waals surface area contributed by atoms with Crippen molar-refractivity contribution in [1.82, 2.24) is 9.80 Å². The minimum absolute atomic E-state index is 0.000676. The molecule has 1 saturated heterocycles. The van der Waals surface area contributed by atoms with Crippen molar-refractivity contribution in [3.8, 4) is 5.75 Å². The Kier molecular flexibility index (Phi) is 5.39. The molecule has 2 amide bonds. The Morgan fingerprint density at radius 1 is 1.22 bits per heavy atom. The second-order valence-corrected chi connectivity index (χ2v) is 6.94. The Hall–Kier alpha value is -2.96. The topological polar surface area (TPSA) is 75.0 Å². The molecule has 0 aliphatic carbocycles. The first kappa shape index (κ1) is 18.8. The molecule has 3 rings (SSSR count). The Bertz CT molecular complexity index is 793. The largest absolute Gasteiger partial charge is 0.497 e. The average Bonchev–Trinajstić information content (AvgIpc) is 3.22. The summed E-state index contributed by atoms with van der Waals surface area (Å²) in [6.07, 6.45) is 3.97. The van der Waals surface area contributed by atoms with Gasteiger partial charge in [0.2, 0.25) is 5.91 Å². The van der Waals surface area contributed by atoms with Gasteiger partial charge in [-0.25, -0.2) is 0 Å². The molecular formula is C20H25N3O4. The number of likely N-dealkylation sites (N-methyl/N-ethyl adjacent to an activating group) is 1. The van der Waals surface area contributed by atoms with Crippen LogP contribution in [0.4, 0.5) is 5.69 Å². The van der Waals surface area contributed by atoms with Crippen molar-refractivity contribution in [2.75, 3.05) is 39.6 Å². The van der Waals surface area contributed by atoms with Crippen molar-refractivity contribution >= 4 is 17.5 Å². The highest BCUT2D eigenvalue weighted by Gasteiger charge is 2.43. The molecule has 2 heterocycles. The van der Waals surface area contributed by atoms with Crippen LogP contribution in [0.1, 0.15) is 23.2 Å². The maximum atomic E-state index is 13.0. The van der Waals surface area contributed by atoms with Gasteiger partial charge < -0.3 is 24.3 Å². The van der Waals surface area contributed by atoms with Gasteiger partial charge in [-0.2, -0.15) is 0 Å². The lowest BCUT2D eigenvalue weighted by molar-refractivity contribution is -0.135. The zero-order chi connectivity index (χ0) is 19.4. The van der Waals surface area contributed by atoms with Crippen LogP contribution in [0.2, 0.25) is 0 Å². The highest BCUT2D eigenvalue weighted by atomic mass is 16.5. The number of hydrogen-bond donors (Lipinski definition) is 1. The standard InChI is InChI=1S/C20H25N3O4/c1-22(2)19(25)20(21-16-5-4-6-17(13-16)26-3)8-10-23(11-9-20)18(24)15-7-12-27-14-15/h4-7,12-14,21H,8-11H2,1-3H3. The third-order valence-corrected chi connectivity index (χ3v) is 4.94. The maximum Gasteiger partial charge on any atom is 0.257 e. The van der Waals surface area contributed by atoms with Crippen LogP contribution in [0.5, 0.6) is 5.75 Å². The van der Waals surface area contributed by atoms with E-state index in [0.29, 0.717) is 31.5 Å². The molecule has 0 saturated carbocycles. The van der Waals surface area contributed by atoms with Crippen LogP contribution < -0.4 is 10.1 Å². The maximum absolute atomic E-state index is 13.0. The molecule has 0 radical (unpaired) electrons. The van der Waals surface area contributed by atoms with Crippen LogP contribution in [0.15, 0.2) is 47.3 Å². The number of furan rings is 1. The minimum atomic E-state index is -0.761. The number of methoxy groups -OCH3 is 1. The minimum Gasteiger partial charge on any atom is -0.497 e. The van der Waals surface area contributed by atoms with E-state index in [4.69, 9.17) is 9.15 Å². The van der Waals surface area contributed by atoms with Crippen molar-refractivity contribution in [3.05, 3.63) is 48.4 Å². The number of nitrogens with one attached hydrogen (secondary N) is 1. The first-order valence-electron chi connectivity index (χ1n) is 8.91. The molecule has 7 heteroatoms. The highest BCUT2D eigenvalue weighted by Crippen LogP contribution is 2.31. The lowest BCUT2D eigenvalue weighted by Crippen LogP contribution is -2.58. The Balaban J connectivity index is 1.79. The van der Waals surface area contributed by atoms with Gasteiger partial charge >= 0.3 is 0 Å². The van der Waals surface area contributed by atoms with E-state index in [1.807, 2.05) is 24.3 Å². The molecule has 0 unspecified atom stereocenters. The lowest BCUT2D eigenvalue weighted by Gasteiger charge is -2.42. The molecule has 2 aromatic rings. The summed E-state index contributed by atoms with van der Waals surface area (Å²) < 4.78 is 10.3. The average molecular weight is 371 g/mol. The van der Waals surface area contributed by atoms with Gasteiger partial charge in [0.1, 0.15) is 17.6 Å². The molecule has 1 aliphatic rings. The number of amides is 2. The highest BCUT2D eigenvalue weighted by molar-refractivity contribution is 5.94. The van der Waals surface area contributed by atoms with Crippen molar-refractivity contribution in [2.24, 2.45) is 0 Å². The van der Waals surface area contributed by atoms with Crippen molar-refractivity contribution < 1.29 is 18.7 Å². The van der Waals surface area contributed by atoms with Gasteiger partial charge in [0.25, 0.3) is 5.91 Å². The van der Waals surface area contributed by atoms with Crippen LogP contribution in [0, 0.1) is 0 Å². The summed E-state index contributed by atoms with van der Waals surface area (Å²) in [6, 6.07) is 9.18. The van der Waals surface area contributed by atoms with Crippen molar-refractivity contribution in [2.45, 2.75) is 18.4 Å². The first-order valence-corrected chi connectivity index (χ1v) is 8.91. The molecule has 1 aromatic heterocycles. The van der Waals surface area contributed by atoms with Crippen molar-refractivity contribution in [1.29, 1.82) is 0 Å². The predicted molar refractivity (Wildman–Crippen MR) is 102 cm³/mol. The van der Waals surface area contributed by atoms with Gasteiger partial charge in [-0.15, -0.1) is 0 Å². The van der Waals surface area contributed by atoms with Crippen LogP contribution in [-0.4, -0.2) is 61.4 Å². The van der Waals surface area contributed by atoms with E-state index in [0.717, 1.165) is 11.4 Å². The molecule has 144 valence electrons. The molecular weight excluding hydrogens is 346 g/mol. The van der Waals surface area contributed by atoms with E-state index in [1.54, 1.807) is 37.1 Å². The zero-order valence-corrected chi connectivity index (χ0v) is 15.9. The van der Waals surface area contributed by atoms with E-state index in [-0.39, 0.29) is 11.8 Å². The Morgan fingerprint density at radius 3 is 2.56 bits per heavy atom. The van der Waals surface area contributed by atoms with Gasteiger partial charge in [0, 0.05) is 38.9 Å². The monoisotopic (exact) mass is 371 g/mol. The van der Waals surface area contributed by atoms with Crippen LogP contribution in [0.3, 0.4) is 0 Å². The van der Waals surface area contributed by atoms with Gasteiger partial charge in [-0.3, -0.25) is 9.59 Å². The number of nitrogens with zero attached hydrogens (tertiary/aromatic N) is 2. The zero-order valence-electron chi connectivity index (χ0n) is 15.9. The summed E-state index contributed by atoms with van der Waals surface area (Å²) in [5, 5.41) is 3.42. The number of anilines is 1. The molecule has 1 aliphatic heterocycles. The first-order chi connectivity index (χ1) is 12.9. The summed E-state index contributed by atoms with van der Waals surface area (Å²) in [7, 11) is 5.11. The molecule has 7 nitrogen and oxygen atoms in total. The predicted octanol–water partition coefficient (Wildman–Crippen LogP) is 2.46. The molecule has 27 heavy (non-hydrogen) atoms. The molecule has 1 fully saturated rings. The van der Waals surface area contributed by atoms with Crippen LogP contribution >= 0.6 is 0 Å². The number of benzene rings is 1. The van der Waals surface area contributed by atoms with Gasteiger partial charge in [-0.1, -0.05) is 6.07 Å². The number of ether oxygens (including phenoxy) is 1. The lowest BCUT2D eigenvalue weighted by atomic mass is 9.85. The molecule has 0 bridgehead atoms. The van der Waals surface area contributed by atoms with E-state index in [1.165, 1.54) is 12.5 Å². The fourth-order valence-corrected chi connectivity index (χ4v) is 3.46. The smallest absolute Gasteiger partial charge is 0.257 e. The number of hydrogen-bond acceptors (Lipinski definition) is 5. The normalized spacial score (nSPS) is 15.9. The molecule has 1 aromatic carbocycles. The van der Waals surface area contributed by atoms with Crippen LogP contribution in [0.25, 0.3) is 0 Å². The molecule has 1 N–H and O–H groups in total. The fraction of sp³-hybridized carbons (Fsp3) is 0.400. The second kappa shape index (κ2) is 7.73. The number of rotatable bonds is 5. The third-order valence-electron chi connectivity index (χ3n) is 4.94. The second-order valence-electron chi connectivity index (χ2n) is 6.94.